The van der Waals surface area contributed by atoms with Gasteiger partial charge in [0.05, 0.1) is 0 Å². The topological polar surface area (TPSA) is 43.1 Å². The van der Waals surface area contributed by atoms with E-state index in [-0.39, 0.29) is 17.5 Å². The Labute approximate surface area is 79.1 Å². The lowest BCUT2D eigenvalue weighted by Gasteiger charge is -2.21. The smallest absolute Gasteiger partial charge is 0.283 e. The van der Waals surface area contributed by atoms with Crippen molar-refractivity contribution in [2.75, 3.05) is 0 Å². The number of hydrogen-bond donors (Lipinski definition) is 0. The van der Waals surface area contributed by atoms with Crippen LogP contribution in [-0.4, -0.2) is 10.9 Å². The van der Waals surface area contributed by atoms with E-state index in [1.165, 1.54) is 0 Å². The molecule has 0 radical (unpaired) electrons. The number of halogens is 2. The van der Waals surface area contributed by atoms with Crippen LogP contribution in [0, 0.1) is 5.92 Å². The van der Waals surface area contributed by atoms with Crippen LogP contribution in [0.15, 0.2) is 10.6 Å². The molecule has 1 aliphatic rings. The third kappa shape index (κ3) is 1.54. The first kappa shape index (κ1) is 9.30. The van der Waals surface area contributed by atoms with Gasteiger partial charge in [-0.25, -0.2) is 8.78 Å². The number of Topliss-reactive ketones (excluding diaryl/α,β-unsaturated/α-hetero) is 1. The van der Waals surface area contributed by atoms with Crippen molar-refractivity contribution in [3.05, 3.63) is 17.5 Å². The number of hydrogen-bond acceptors (Lipinski definition) is 3. The minimum Gasteiger partial charge on any atom is -0.353 e. The maximum atomic E-state index is 12.1. The number of carbonyl (C=O) groups excluding carboxylic acids is 1. The van der Waals surface area contributed by atoms with Gasteiger partial charge in [-0.2, -0.15) is 0 Å². The van der Waals surface area contributed by atoms with Gasteiger partial charge in [0.25, 0.3) is 6.43 Å². The first-order valence-electron chi connectivity index (χ1n) is 4.47. The van der Waals surface area contributed by atoms with Crippen molar-refractivity contribution in [2.45, 2.75) is 25.7 Å². The second kappa shape index (κ2) is 3.48. The highest BCUT2D eigenvalue weighted by atomic mass is 19.3. The maximum Gasteiger partial charge on any atom is 0.283 e. The van der Waals surface area contributed by atoms with Crippen LogP contribution in [0.25, 0.3) is 0 Å². The number of alkyl halides is 2. The van der Waals surface area contributed by atoms with Crippen LogP contribution >= 0.6 is 0 Å². The van der Waals surface area contributed by atoms with Crippen LogP contribution in [0.1, 0.15) is 41.9 Å². The van der Waals surface area contributed by atoms with E-state index < -0.39 is 12.1 Å². The SMILES string of the molecule is O=C(c1cc(C(F)F)no1)C1CCC1. The Hall–Kier alpha value is -1.26. The van der Waals surface area contributed by atoms with E-state index in [0.29, 0.717) is 0 Å². The summed E-state index contributed by atoms with van der Waals surface area (Å²) >= 11 is 0. The third-order valence-electron chi connectivity index (χ3n) is 2.47. The van der Waals surface area contributed by atoms with Crippen LogP contribution in [0.2, 0.25) is 0 Å². The first-order chi connectivity index (χ1) is 6.68. The third-order valence-corrected chi connectivity index (χ3v) is 2.47. The summed E-state index contributed by atoms with van der Waals surface area (Å²) in [6.45, 7) is 0. The number of nitrogens with zero attached hydrogens (tertiary/aromatic N) is 1. The normalized spacial score (nSPS) is 17.1. The lowest BCUT2D eigenvalue weighted by atomic mass is 9.81. The fourth-order valence-electron chi connectivity index (χ4n) is 1.38. The summed E-state index contributed by atoms with van der Waals surface area (Å²) in [5.74, 6) is -0.283. The number of aromatic nitrogens is 1. The summed E-state index contributed by atoms with van der Waals surface area (Å²) in [5, 5.41) is 3.13. The van der Waals surface area contributed by atoms with Crippen LogP contribution < -0.4 is 0 Å². The summed E-state index contributed by atoms with van der Waals surface area (Å²) in [6, 6.07) is 1.03. The molecule has 2 rings (SSSR count). The highest BCUT2D eigenvalue weighted by Crippen LogP contribution is 2.30. The predicted molar refractivity (Wildman–Crippen MR) is 43.1 cm³/mol. The molecule has 0 saturated heterocycles. The van der Waals surface area contributed by atoms with Gasteiger partial charge in [0.1, 0.15) is 0 Å². The van der Waals surface area contributed by atoms with Crippen molar-refractivity contribution < 1.29 is 18.1 Å². The van der Waals surface area contributed by atoms with Gasteiger partial charge in [-0.3, -0.25) is 4.79 Å². The predicted octanol–water partition coefficient (Wildman–Crippen LogP) is 2.60. The molecule has 0 bridgehead atoms. The Morgan fingerprint density at radius 1 is 1.57 bits per heavy atom. The van der Waals surface area contributed by atoms with E-state index in [0.717, 1.165) is 25.3 Å². The molecule has 0 unspecified atom stereocenters. The van der Waals surface area contributed by atoms with Gasteiger partial charge in [-0.05, 0) is 12.8 Å². The van der Waals surface area contributed by atoms with Crippen molar-refractivity contribution in [3.63, 3.8) is 0 Å². The Kier molecular flexibility index (Phi) is 2.31. The lowest BCUT2D eigenvalue weighted by Crippen LogP contribution is -2.21. The van der Waals surface area contributed by atoms with E-state index in [9.17, 15) is 13.6 Å². The van der Waals surface area contributed by atoms with Crippen LogP contribution in [0.5, 0.6) is 0 Å². The van der Waals surface area contributed by atoms with Crippen LogP contribution in [0.4, 0.5) is 8.78 Å². The van der Waals surface area contributed by atoms with Crippen molar-refractivity contribution in [1.29, 1.82) is 0 Å². The Morgan fingerprint density at radius 2 is 2.29 bits per heavy atom. The van der Waals surface area contributed by atoms with E-state index in [4.69, 9.17) is 0 Å². The summed E-state index contributed by atoms with van der Waals surface area (Å²) in [7, 11) is 0. The largest absolute Gasteiger partial charge is 0.353 e. The molecule has 1 saturated carbocycles. The molecular weight excluding hydrogens is 192 g/mol. The molecule has 1 aromatic heterocycles. The van der Waals surface area contributed by atoms with E-state index in [1.807, 2.05) is 0 Å². The minimum absolute atomic E-state index is 0.0370. The van der Waals surface area contributed by atoms with Gasteiger partial charge in [0.15, 0.2) is 5.69 Å². The van der Waals surface area contributed by atoms with Gasteiger partial charge in [-0.15, -0.1) is 0 Å². The van der Waals surface area contributed by atoms with Gasteiger partial charge in [-0.1, -0.05) is 11.6 Å². The van der Waals surface area contributed by atoms with Crippen molar-refractivity contribution >= 4 is 5.78 Å². The fraction of sp³-hybridized carbons (Fsp3) is 0.556. The van der Waals surface area contributed by atoms with Crippen molar-refractivity contribution in [1.82, 2.24) is 5.16 Å². The highest BCUT2D eigenvalue weighted by Gasteiger charge is 2.29. The zero-order valence-electron chi connectivity index (χ0n) is 7.37. The quantitative estimate of drug-likeness (QED) is 0.706. The Balaban J connectivity index is 2.11. The number of ketones is 1. The average molecular weight is 201 g/mol. The molecule has 0 spiro atoms. The highest BCUT2D eigenvalue weighted by molar-refractivity contribution is 5.95. The molecule has 5 heteroatoms. The first-order valence-corrected chi connectivity index (χ1v) is 4.47. The molecule has 0 atom stereocenters. The molecule has 76 valence electrons. The molecular formula is C9H9F2NO2. The van der Waals surface area contributed by atoms with Gasteiger partial charge >= 0.3 is 0 Å². The van der Waals surface area contributed by atoms with Crippen LogP contribution in [-0.2, 0) is 0 Å². The zero-order chi connectivity index (χ0) is 10.1. The summed E-state index contributed by atoms with van der Waals surface area (Å²) < 4.78 is 28.8. The molecule has 1 heterocycles. The molecule has 0 aliphatic heterocycles. The van der Waals surface area contributed by atoms with Crippen LogP contribution in [0.3, 0.4) is 0 Å². The Morgan fingerprint density at radius 3 is 2.71 bits per heavy atom. The molecule has 0 aromatic carbocycles. The molecule has 1 aromatic rings. The van der Waals surface area contributed by atoms with Gasteiger partial charge in [0.2, 0.25) is 11.5 Å². The fourth-order valence-corrected chi connectivity index (χ4v) is 1.38. The van der Waals surface area contributed by atoms with E-state index in [2.05, 4.69) is 9.68 Å². The zero-order valence-corrected chi connectivity index (χ0v) is 7.37. The summed E-state index contributed by atoms with van der Waals surface area (Å²) in [5.41, 5.74) is -0.465. The average Bonchev–Trinajstić information content (AvgIpc) is 2.48. The molecule has 3 nitrogen and oxygen atoms in total. The van der Waals surface area contributed by atoms with Gasteiger partial charge < -0.3 is 4.52 Å². The number of rotatable bonds is 3. The maximum absolute atomic E-state index is 12.1. The summed E-state index contributed by atoms with van der Waals surface area (Å²) in [4.78, 5) is 11.5. The lowest BCUT2D eigenvalue weighted by molar-refractivity contribution is 0.0814. The summed E-state index contributed by atoms with van der Waals surface area (Å²) in [6.07, 6.45) is -0.0130. The Bertz CT molecular complexity index is 344. The van der Waals surface area contributed by atoms with E-state index >= 15 is 0 Å². The molecule has 0 N–H and O–H groups in total. The van der Waals surface area contributed by atoms with Crippen molar-refractivity contribution in [2.24, 2.45) is 5.92 Å². The van der Waals surface area contributed by atoms with E-state index in [1.54, 1.807) is 0 Å². The molecule has 1 fully saturated rings. The number of carbonyl (C=O) groups is 1. The second-order valence-corrected chi connectivity index (χ2v) is 3.41. The van der Waals surface area contributed by atoms with Crippen molar-refractivity contribution in [3.8, 4) is 0 Å². The monoisotopic (exact) mass is 201 g/mol. The molecule has 14 heavy (non-hydrogen) atoms. The molecule has 0 amide bonds. The van der Waals surface area contributed by atoms with Gasteiger partial charge in [0, 0.05) is 12.0 Å². The molecule has 1 aliphatic carbocycles. The standard InChI is InChI=1S/C9H9F2NO2/c10-9(11)6-4-7(14-12-6)8(13)5-2-1-3-5/h4-5,9H,1-3H2. The second-order valence-electron chi connectivity index (χ2n) is 3.41. The minimum atomic E-state index is -2.68.